The van der Waals surface area contributed by atoms with Gasteiger partial charge in [0.25, 0.3) is 5.69 Å². The summed E-state index contributed by atoms with van der Waals surface area (Å²) in [5.41, 5.74) is -7.19. The number of carbonyl (C=O) groups is 5. The molecule has 21 heteroatoms. The number of hydrogen-bond acceptors (Lipinski definition) is 16. The standard InChI is InChI=1S/C61H94N2O16Si3/c1-18-80(19-2,20-3)77-45-36-46-60(38-72-46,75-40(11)64)51-53(74-54(66)42-30-28-27-29-31-42)61(69)37-44(39(10)47(58(61,15)16)49(52(65)59(45,51)17)78-81(21-4,22-5)23-6)73-55(67)50(79-82(24-7,25-8)26-9)48(62-56(68)76-57(12,13)14)41-32-34-43(35-33-41)63(70)71/h27-35,44-46,48-51,53,69H,18-26,36-38H2,1-17H3,(H,62,68)/t44-,45-,46+,48?,49+,50+,51-,53-,59+,60-,61+/m0/s1. The van der Waals surface area contributed by atoms with Gasteiger partial charge in [-0.25, -0.2) is 14.4 Å². The molecule has 6 rings (SSSR count). The normalized spacial score (nSPS) is 28.0. The molecule has 1 amide bonds. The van der Waals surface area contributed by atoms with Gasteiger partial charge in [0.15, 0.2) is 42.4 Å². The molecule has 18 nitrogen and oxygen atoms in total. The van der Waals surface area contributed by atoms with Gasteiger partial charge in [0.2, 0.25) is 0 Å². The number of nitrogens with one attached hydrogen (secondary N) is 1. The summed E-state index contributed by atoms with van der Waals surface area (Å²) in [7, 11) is -8.40. The number of hydrogen-bond donors (Lipinski definition) is 2. The van der Waals surface area contributed by atoms with Crippen LogP contribution in [-0.2, 0) is 51.3 Å². The number of ketones is 1. The first-order chi connectivity index (χ1) is 38.4. The summed E-state index contributed by atoms with van der Waals surface area (Å²) in [4.78, 5) is 87.5. The van der Waals surface area contributed by atoms with Crippen molar-refractivity contribution >= 4 is 60.4 Å². The highest BCUT2D eigenvalue weighted by Gasteiger charge is 2.79. The van der Waals surface area contributed by atoms with Gasteiger partial charge in [0.05, 0.1) is 40.6 Å². The fourth-order valence-corrected chi connectivity index (χ4v) is 22.3. The van der Waals surface area contributed by atoms with E-state index in [1.165, 1.54) is 31.2 Å². The van der Waals surface area contributed by atoms with Gasteiger partial charge in [-0.15, -0.1) is 0 Å². The van der Waals surface area contributed by atoms with Gasteiger partial charge >= 0.3 is 24.0 Å². The molecule has 2 aromatic rings. The van der Waals surface area contributed by atoms with Crippen LogP contribution in [0.3, 0.4) is 0 Å². The van der Waals surface area contributed by atoms with Crippen LogP contribution >= 0.6 is 0 Å². The summed E-state index contributed by atoms with van der Waals surface area (Å²) >= 11 is 0. The Labute approximate surface area is 489 Å². The van der Waals surface area contributed by atoms with Crippen molar-refractivity contribution in [1.29, 1.82) is 0 Å². The Morgan fingerprint density at radius 3 is 1.82 bits per heavy atom. The summed E-state index contributed by atoms with van der Waals surface area (Å²) < 4.78 is 54.9. The average molecular weight is 1200 g/mol. The molecule has 3 aliphatic carbocycles. The number of benzene rings is 2. The van der Waals surface area contributed by atoms with Crippen molar-refractivity contribution in [2.24, 2.45) is 16.7 Å². The summed E-state index contributed by atoms with van der Waals surface area (Å²) in [6, 6.07) is 18.2. The molecule has 1 saturated heterocycles. The lowest BCUT2D eigenvalue weighted by Gasteiger charge is -2.68. The second-order valence-electron chi connectivity index (χ2n) is 25.0. The smallest absolute Gasteiger partial charge is 0.408 e. The zero-order valence-electron chi connectivity index (χ0n) is 51.8. The molecule has 1 heterocycles. The van der Waals surface area contributed by atoms with Gasteiger partial charge in [-0.05, 0) is 118 Å². The molecule has 1 unspecified atom stereocenters. The average Bonchev–Trinajstić information content (AvgIpc) is 0.876. The second kappa shape index (κ2) is 25.5. The van der Waals surface area contributed by atoms with E-state index >= 15 is 14.4 Å². The molecule has 2 saturated carbocycles. The van der Waals surface area contributed by atoms with E-state index in [4.69, 9.17) is 37.0 Å². The van der Waals surface area contributed by atoms with Crippen LogP contribution in [0, 0.1) is 26.9 Å². The first-order valence-electron chi connectivity index (χ1n) is 29.9. The predicted octanol–water partition coefficient (Wildman–Crippen LogP) is 12.3. The molecule has 2 bridgehead atoms. The first-order valence-corrected chi connectivity index (χ1v) is 37.5. The largest absolute Gasteiger partial charge is 0.456 e. The molecular weight excluding hydrogens is 1100 g/mol. The zero-order chi connectivity index (χ0) is 61.2. The lowest BCUT2D eigenvalue weighted by Crippen LogP contribution is -2.82. The van der Waals surface area contributed by atoms with E-state index in [0.29, 0.717) is 47.4 Å². The number of amides is 1. The SMILES string of the molecule is CC[Si](CC)(CC)O[C@H]1C(=O)[C@]2(C)[C@@H](O[Si](CC)(CC)CC)C[C@H]3OC[C@@]3(OC(C)=O)[C@H]2[C@H](OC(=O)c2ccccc2)[C@]2(O)C[C@H](OC(=O)[C@H](O[Si](CC)(CC)CC)C(NC(=O)OC(C)(C)C)c3ccc([N+](=O)[O-])cc3)C(C)=C1C2(C)C. The first kappa shape index (κ1) is 66.5. The number of carbonyl (C=O) groups excluding carboxylic acids is 5. The molecule has 1 aliphatic heterocycles. The highest BCUT2D eigenvalue weighted by molar-refractivity contribution is 6.74. The number of esters is 3. The molecule has 11 atom stereocenters. The third-order valence-electron chi connectivity index (χ3n) is 19.7. The molecule has 0 spiro atoms. The number of nitro groups is 1. The Balaban J connectivity index is 1.72. The molecule has 456 valence electrons. The number of nitrogens with zero attached hydrogens (tertiary/aromatic N) is 1. The van der Waals surface area contributed by atoms with Crippen molar-refractivity contribution in [1.82, 2.24) is 5.32 Å². The lowest BCUT2D eigenvalue weighted by atomic mass is 9.44. The maximum Gasteiger partial charge on any atom is 0.408 e. The number of fused-ring (bicyclic) bond motifs is 5. The predicted molar refractivity (Wildman–Crippen MR) is 318 cm³/mol. The van der Waals surface area contributed by atoms with Crippen molar-refractivity contribution in [3.05, 3.63) is 87.0 Å². The quantitative estimate of drug-likeness (QED) is 0.0248. The Morgan fingerprint density at radius 2 is 1.34 bits per heavy atom. The van der Waals surface area contributed by atoms with Crippen LogP contribution in [0.15, 0.2) is 65.7 Å². The lowest BCUT2D eigenvalue weighted by molar-refractivity contribution is -0.384. The summed E-state index contributed by atoms with van der Waals surface area (Å²) in [6.07, 6.45) is -9.00. The Hall–Kier alpha value is -4.62. The van der Waals surface area contributed by atoms with Crippen LogP contribution in [0.25, 0.3) is 0 Å². The van der Waals surface area contributed by atoms with Crippen LogP contribution in [-0.4, -0.2) is 125 Å². The third kappa shape index (κ3) is 12.4. The van der Waals surface area contributed by atoms with Gasteiger partial charge in [-0.3, -0.25) is 19.7 Å². The van der Waals surface area contributed by atoms with E-state index in [1.54, 1.807) is 71.9 Å². The van der Waals surface area contributed by atoms with E-state index in [1.807, 2.05) is 27.7 Å². The molecule has 3 fully saturated rings. The monoisotopic (exact) mass is 1190 g/mol. The van der Waals surface area contributed by atoms with Crippen LogP contribution in [0.2, 0.25) is 54.4 Å². The Kier molecular flexibility index (Phi) is 20.7. The number of alkyl carbamates (subject to hydrolysis) is 1. The van der Waals surface area contributed by atoms with Crippen LogP contribution in [0.1, 0.15) is 153 Å². The maximum absolute atomic E-state index is 17.3. The van der Waals surface area contributed by atoms with Crippen molar-refractivity contribution in [3.63, 3.8) is 0 Å². The van der Waals surface area contributed by atoms with Crippen molar-refractivity contribution in [3.8, 4) is 0 Å². The number of rotatable bonds is 24. The van der Waals surface area contributed by atoms with E-state index in [2.05, 4.69) is 46.9 Å². The van der Waals surface area contributed by atoms with Crippen LogP contribution < -0.4 is 5.32 Å². The van der Waals surface area contributed by atoms with Crippen LogP contribution in [0.5, 0.6) is 0 Å². The second-order valence-corrected chi connectivity index (χ2v) is 39.2. The summed E-state index contributed by atoms with van der Waals surface area (Å²) in [5, 5.41) is 29.6. The summed E-state index contributed by atoms with van der Waals surface area (Å²) in [6.45, 7) is 31.8. The molecular formula is C61H94N2O16Si3. The highest BCUT2D eigenvalue weighted by Crippen LogP contribution is 2.65. The van der Waals surface area contributed by atoms with Crippen molar-refractivity contribution < 1.29 is 71.0 Å². The van der Waals surface area contributed by atoms with Gasteiger partial charge in [0.1, 0.15) is 35.6 Å². The van der Waals surface area contributed by atoms with Gasteiger partial charge < -0.3 is 47.4 Å². The van der Waals surface area contributed by atoms with Gasteiger partial charge in [0, 0.05) is 37.3 Å². The number of ether oxygens (including phenoxy) is 5. The minimum absolute atomic E-state index is 0.150. The molecule has 4 aliphatic rings. The minimum atomic E-state index is -2.88. The molecule has 2 N–H and O–H groups in total. The van der Waals surface area contributed by atoms with Crippen molar-refractivity contribution in [2.45, 2.75) is 244 Å². The topological polar surface area (TPSA) is 235 Å². The zero-order valence-corrected chi connectivity index (χ0v) is 54.8. The Bertz CT molecular complexity index is 2640. The number of Topliss-reactive ketones (excluding diaryl/α,β-unsaturated/α-hetero) is 1. The molecule has 2 aromatic carbocycles. The molecule has 0 radical (unpaired) electrons. The van der Waals surface area contributed by atoms with Gasteiger partial charge in [-0.2, -0.15) is 0 Å². The summed E-state index contributed by atoms with van der Waals surface area (Å²) in [5.74, 6) is -4.19. The van der Waals surface area contributed by atoms with Crippen LogP contribution in [0.4, 0.5) is 10.5 Å². The molecule has 82 heavy (non-hydrogen) atoms. The minimum Gasteiger partial charge on any atom is -0.456 e. The van der Waals surface area contributed by atoms with Crippen molar-refractivity contribution in [2.75, 3.05) is 6.61 Å². The fraction of sp³-hybridized carbons (Fsp3) is 0.689. The van der Waals surface area contributed by atoms with E-state index in [-0.39, 0.29) is 29.8 Å². The molecule has 0 aromatic heterocycles. The number of nitro benzene ring substituents is 1. The van der Waals surface area contributed by atoms with E-state index in [0.717, 1.165) is 18.1 Å². The van der Waals surface area contributed by atoms with Gasteiger partial charge in [-0.1, -0.05) is 106 Å². The van der Waals surface area contributed by atoms with E-state index < -0.39 is 142 Å². The highest BCUT2D eigenvalue weighted by atomic mass is 28.4. The number of non-ortho nitro benzene ring substituents is 1. The third-order valence-corrected chi connectivity index (χ3v) is 33.6. The maximum atomic E-state index is 17.3. The number of aliphatic hydroxyl groups is 1. The fourth-order valence-electron chi connectivity index (χ4n) is 13.9. The Morgan fingerprint density at radius 1 is 0.805 bits per heavy atom. The van der Waals surface area contributed by atoms with E-state index in [9.17, 15) is 24.8 Å².